The lowest BCUT2D eigenvalue weighted by Crippen LogP contribution is -2.15. The summed E-state index contributed by atoms with van der Waals surface area (Å²) in [7, 11) is 3.34. The molecule has 28 heavy (non-hydrogen) atoms. The smallest absolute Gasteiger partial charge is 0.164 e. The maximum Gasteiger partial charge on any atom is 0.164 e. The maximum atomic E-state index is 11.0. The van der Waals surface area contributed by atoms with Crippen molar-refractivity contribution in [1.29, 1.82) is 0 Å². The molecule has 9 heteroatoms. The van der Waals surface area contributed by atoms with Crippen molar-refractivity contribution < 1.29 is 9.84 Å². The number of aromatic nitrogens is 5. The normalized spacial score (nSPS) is 12.6. The van der Waals surface area contributed by atoms with E-state index in [0.29, 0.717) is 21.6 Å². The predicted molar refractivity (Wildman–Crippen MR) is 107 cm³/mol. The number of rotatable bonds is 5. The minimum atomic E-state index is -1.02. The number of fused-ring (bicyclic) bond motifs is 1. The second kappa shape index (κ2) is 7.52. The van der Waals surface area contributed by atoms with Crippen LogP contribution in [0.2, 0.25) is 10.0 Å². The molecule has 7 nitrogen and oxygen atoms in total. The van der Waals surface area contributed by atoms with Gasteiger partial charge in [0.15, 0.2) is 11.9 Å². The fraction of sp³-hybridized carbons (Fsp3) is 0.211. The van der Waals surface area contributed by atoms with Crippen LogP contribution in [0.15, 0.2) is 42.7 Å². The molecule has 2 aromatic carbocycles. The van der Waals surface area contributed by atoms with E-state index >= 15 is 0 Å². The van der Waals surface area contributed by atoms with Crippen LogP contribution in [-0.2, 0) is 18.5 Å². The Morgan fingerprint density at radius 1 is 1.18 bits per heavy atom. The van der Waals surface area contributed by atoms with Gasteiger partial charge in [-0.3, -0.25) is 4.68 Å². The summed E-state index contributed by atoms with van der Waals surface area (Å²) in [5.74, 6) is 0.377. The van der Waals surface area contributed by atoms with E-state index in [4.69, 9.17) is 27.9 Å². The van der Waals surface area contributed by atoms with Gasteiger partial charge in [0, 0.05) is 40.7 Å². The summed E-state index contributed by atoms with van der Waals surface area (Å²) >= 11 is 12.4. The fourth-order valence-electron chi connectivity index (χ4n) is 3.31. The molecule has 0 spiro atoms. The van der Waals surface area contributed by atoms with E-state index < -0.39 is 6.10 Å². The SMILES string of the molecule is COCn1ncnc1C(O)c1c2cccc(-c3ccc(Cl)cc3Cl)c2nn1C. The van der Waals surface area contributed by atoms with Gasteiger partial charge in [0.25, 0.3) is 0 Å². The van der Waals surface area contributed by atoms with Crippen molar-refractivity contribution >= 4 is 34.1 Å². The molecular weight excluding hydrogens is 401 g/mol. The molecule has 4 rings (SSSR count). The van der Waals surface area contributed by atoms with Crippen molar-refractivity contribution in [2.24, 2.45) is 7.05 Å². The summed E-state index contributed by atoms with van der Waals surface area (Å²) in [6.07, 6.45) is 0.360. The Balaban J connectivity index is 1.88. The summed E-state index contributed by atoms with van der Waals surface area (Å²) in [4.78, 5) is 4.19. The molecule has 0 amide bonds. The van der Waals surface area contributed by atoms with Crippen LogP contribution in [0.5, 0.6) is 0 Å². The number of methoxy groups -OCH3 is 1. The largest absolute Gasteiger partial charge is 0.379 e. The molecule has 2 heterocycles. The summed E-state index contributed by atoms with van der Waals surface area (Å²) in [6, 6.07) is 11.1. The van der Waals surface area contributed by atoms with E-state index in [1.165, 1.54) is 11.0 Å². The number of benzene rings is 2. The van der Waals surface area contributed by atoms with Crippen LogP contribution in [0.3, 0.4) is 0 Å². The first-order chi connectivity index (χ1) is 13.5. The quantitative estimate of drug-likeness (QED) is 0.533. The standard InChI is InChI=1S/C19H17Cl2N5O2/c1-25-17(18(27)19-22-9-23-26(19)10-28-2)14-5-3-4-13(16(14)24-25)12-7-6-11(20)8-15(12)21/h3-9,18,27H,10H2,1-2H3. The first-order valence-electron chi connectivity index (χ1n) is 8.47. The molecule has 0 saturated heterocycles. The Morgan fingerprint density at radius 2 is 2.00 bits per heavy atom. The topological polar surface area (TPSA) is 78.0 Å². The maximum absolute atomic E-state index is 11.0. The zero-order valence-corrected chi connectivity index (χ0v) is 16.7. The van der Waals surface area contributed by atoms with E-state index in [1.807, 2.05) is 24.3 Å². The van der Waals surface area contributed by atoms with Crippen LogP contribution in [0.1, 0.15) is 17.6 Å². The molecular formula is C19H17Cl2N5O2. The Bertz CT molecular complexity index is 1150. The van der Waals surface area contributed by atoms with Gasteiger partial charge in [-0.2, -0.15) is 10.2 Å². The molecule has 1 atom stereocenters. The monoisotopic (exact) mass is 417 g/mol. The minimum Gasteiger partial charge on any atom is -0.379 e. The molecule has 0 aliphatic heterocycles. The third-order valence-corrected chi connectivity index (χ3v) is 5.08. The van der Waals surface area contributed by atoms with Gasteiger partial charge < -0.3 is 9.84 Å². The number of aliphatic hydroxyl groups is 1. The molecule has 1 unspecified atom stereocenters. The van der Waals surface area contributed by atoms with Gasteiger partial charge in [-0.25, -0.2) is 9.67 Å². The average Bonchev–Trinajstić information content (AvgIpc) is 3.25. The summed E-state index contributed by atoms with van der Waals surface area (Å²) in [5, 5.41) is 21.7. The van der Waals surface area contributed by atoms with Crippen molar-refractivity contribution in [3.8, 4) is 11.1 Å². The van der Waals surface area contributed by atoms with E-state index in [2.05, 4.69) is 15.2 Å². The molecule has 1 N–H and O–H groups in total. The van der Waals surface area contributed by atoms with E-state index in [1.54, 1.807) is 31.0 Å². The lowest BCUT2D eigenvalue weighted by molar-refractivity contribution is 0.105. The number of halogens is 2. The van der Waals surface area contributed by atoms with Gasteiger partial charge in [0.2, 0.25) is 0 Å². The first kappa shape index (κ1) is 18.9. The number of hydrogen-bond donors (Lipinski definition) is 1. The molecule has 0 saturated carbocycles. The number of nitrogens with zero attached hydrogens (tertiary/aromatic N) is 5. The van der Waals surface area contributed by atoms with Gasteiger partial charge in [0.1, 0.15) is 18.6 Å². The Kier molecular flexibility index (Phi) is 5.07. The fourth-order valence-corrected chi connectivity index (χ4v) is 3.82. The van der Waals surface area contributed by atoms with Gasteiger partial charge in [-0.15, -0.1) is 0 Å². The van der Waals surface area contributed by atoms with Crippen molar-refractivity contribution in [1.82, 2.24) is 24.5 Å². The lowest BCUT2D eigenvalue weighted by Gasteiger charge is -2.12. The van der Waals surface area contributed by atoms with Crippen molar-refractivity contribution in [2.45, 2.75) is 12.8 Å². The number of hydrogen-bond acceptors (Lipinski definition) is 5. The third-order valence-electron chi connectivity index (χ3n) is 4.53. The highest BCUT2D eigenvalue weighted by Gasteiger charge is 2.25. The molecule has 144 valence electrons. The Hall–Kier alpha value is -2.45. The van der Waals surface area contributed by atoms with Crippen molar-refractivity contribution in [3.05, 3.63) is 64.3 Å². The van der Waals surface area contributed by atoms with Gasteiger partial charge >= 0.3 is 0 Å². The summed E-state index contributed by atoms with van der Waals surface area (Å²) in [5.41, 5.74) is 3.00. The van der Waals surface area contributed by atoms with E-state index in [-0.39, 0.29) is 6.73 Å². The van der Waals surface area contributed by atoms with Crippen molar-refractivity contribution in [2.75, 3.05) is 7.11 Å². The van der Waals surface area contributed by atoms with E-state index in [9.17, 15) is 5.11 Å². The van der Waals surface area contributed by atoms with Gasteiger partial charge in [-0.1, -0.05) is 47.5 Å². The zero-order valence-electron chi connectivity index (χ0n) is 15.2. The number of aliphatic hydroxyl groups excluding tert-OH is 1. The van der Waals surface area contributed by atoms with Crippen LogP contribution in [0.4, 0.5) is 0 Å². The lowest BCUT2D eigenvalue weighted by atomic mass is 10.0. The molecule has 0 bridgehead atoms. The zero-order chi connectivity index (χ0) is 19.8. The van der Waals surface area contributed by atoms with Crippen LogP contribution in [0.25, 0.3) is 22.0 Å². The van der Waals surface area contributed by atoms with Crippen LogP contribution < -0.4 is 0 Å². The third kappa shape index (κ3) is 3.16. The highest BCUT2D eigenvalue weighted by Crippen LogP contribution is 2.37. The van der Waals surface area contributed by atoms with E-state index in [0.717, 1.165) is 22.0 Å². The summed E-state index contributed by atoms with van der Waals surface area (Å²) in [6.45, 7) is 0.188. The minimum absolute atomic E-state index is 0.188. The second-order valence-electron chi connectivity index (χ2n) is 6.27. The summed E-state index contributed by atoms with van der Waals surface area (Å²) < 4.78 is 8.26. The molecule has 2 aromatic heterocycles. The molecule has 0 radical (unpaired) electrons. The number of aryl methyl sites for hydroxylation is 1. The Labute approximate surface area is 171 Å². The molecule has 4 aromatic rings. The predicted octanol–water partition coefficient (Wildman–Crippen LogP) is 3.82. The molecule has 0 fully saturated rings. The Morgan fingerprint density at radius 3 is 2.75 bits per heavy atom. The highest BCUT2D eigenvalue weighted by molar-refractivity contribution is 6.36. The van der Waals surface area contributed by atoms with Crippen molar-refractivity contribution in [3.63, 3.8) is 0 Å². The van der Waals surface area contributed by atoms with Crippen LogP contribution in [0, 0.1) is 0 Å². The first-order valence-corrected chi connectivity index (χ1v) is 9.22. The van der Waals surface area contributed by atoms with Crippen LogP contribution >= 0.6 is 23.2 Å². The highest BCUT2D eigenvalue weighted by atomic mass is 35.5. The number of ether oxygens (including phenoxy) is 1. The molecule has 0 aliphatic rings. The van der Waals surface area contributed by atoms with Gasteiger partial charge in [0.05, 0.1) is 5.69 Å². The average molecular weight is 418 g/mol. The van der Waals surface area contributed by atoms with Gasteiger partial charge in [-0.05, 0) is 12.1 Å². The van der Waals surface area contributed by atoms with Crippen LogP contribution in [-0.4, -0.2) is 36.8 Å². The second-order valence-corrected chi connectivity index (χ2v) is 7.12. The molecule has 0 aliphatic carbocycles.